The Morgan fingerprint density at radius 2 is 1.49 bits per heavy atom. The number of rotatable bonds is 3. The van der Waals surface area contributed by atoms with E-state index in [9.17, 15) is 0 Å². The number of benzene rings is 2. The summed E-state index contributed by atoms with van der Waals surface area (Å²) in [6.45, 7) is 4.66. The molecular formula is C43H40. The smallest absolute Gasteiger partial charge is 0.0102 e. The van der Waals surface area contributed by atoms with E-state index < -0.39 is 0 Å². The van der Waals surface area contributed by atoms with Crippen LogP contribution >= 0.6 is 0 Å². The van der Waals surface area contributed by atoms with Gasteiger partial charge in [-0.1, -0.05) is 117 Å². The molecular weight excluding hydrogens is 516 g/mol. The minimum Gasteiger partial charge on any atom is -0.0839 e. The van der Waals surface area contributed by atoms with Gasteiger partial charge >= 0.3 is 0 Å². The molecule has 7 aliphatic rings. The van der Waals surface area contributed by atoms with Crippen molar-refractivity contribution in [2.45, 2.75) is 52.4 Å². The van der Waals surface area contributed by atoms with Crippen LogP contribution in [0.25, 0.3) is 34.1 Å². The maximum atomic E-state index is 2.57. The summed E-state index contributed by atoms with van der Waals surface area (Å²) >= 11 is 0. The number of hydrogen-bond donors (Lipinski definition) is 0. The van der Waals surface area contributed by atoms with Gasteiger partial charge in [-0.3, -0.25) is 0 Å². The van der Waals surface area contributed by atoms with Gasteiger partial charge in [0.15, 0.2) is 0 Å². The van der Waals surface area contributed by atoms with Crippen molar-refractivity contribution in [3.05, 3.63) is 141 Å². The lowest BCUT2D eigenvalue weighted by Crippen LogP contribution is -2.40. The third-order valence-corrected chi connectivity index (χ3v) is 11.3. The molecule has 4 unspecified atom stereocenters. The molecule has 7 aliphatic carbocycles. The molecule has 0 bridgehead atoms. The van der Waals surface area contributed by atoms with Gasteiger partial charge in [-0.25, -0.2) is 0 Å². The molecule has 0 aromatic heterocycles. The van der Waals surface area contributed by atoms with E-state index in [2.05, 4.69) is 117 Å². The highest BCUT2D eigenvalue weighted by Crippen LogP contribution is 2.54. The molecule has 9 rings (SSSR count). The van der Waals surface area contributed by atoms with Gasteiger partial charge in [0.25, 0.3) is 0 Å². The summed E-state index contributed by atoms with van der Waals surface area (Å²) < 4.78 is 0. The first-order valence-corrected chi connectivity index (χ1v) is 16.7. The fraction of sp³-hybridized carbons (Fsp3) is 0.302. The largest absolute Gasteiger partial charge is 0.0839 e. The van der Waals surface area contributed by atoms with Gasteiger partial charge in [-0.2, -0.15) is 0 Å². The molecule has 0 saturated heterocycles. The molecule has 0 N–H and O–H groups in total. The van der Waals surface area contributed by atoms with Crippen molar-refractivity contribution in [1.29, 1.82) is 0 Å². The van der Waals surface area contributed by atoms with Crippen molar-refractivity contribution in [2.75, 3.05) is 0 Å². The van der Waals surface area contributed by atoms with Gasteiger partial charge < -0.3 is 0 Å². The minimum atomic E-state index is 0.396. The Labute approximate surface area is 256 Å². The van der Waals surface area contributed by atoms with Crippen LogP contribution in [0.3, 0.4) is 0 Å². The van der Waals surface area contributed by atoms with E-state index in [0.717, 1.165) is 19.3 Å². The summed E-state index contributed by atoms with van der Waals surface area (Å²) in [6.07, 6.45) is 39.3. The molecule has 0 heteroatoms. The normalized spacial score (nSPS) is 28.1. The lowest BCUT2D eigenvalue weighted by molar-refractivity contribution is 0.326. The Morgan fingerprint density at radius 3 is 2.33 bits per heavy atom. The maximum Gasteiger partial charge on any atom is 0.0102 e. The van der Waals surface area contributed by atoms with E-state index in [0.29, 0.717) is 29.6 Å². The summed E-state index contributed by atoms with van der Waals surface area (Å²) in [6, 6.07) is 9.34. The van der Waals surface area contributed by atoms with Crippen LogP contribution < -0.4 is 10.4 Å². The van der Waals surface area contributed by atoms with Crippen LogP contribution in [0.5, 0.6) is 0 Å². The minimum absolute atomic E-state index is 0.396. The molecule has 0 spiro atoms. The second-order valence-electron chi connectivity index (χ2n) is 13.9. The van der Waals surface area contributed by atoms with Crippen molar-refractivity contribution in [2.24, 2.45) is 29.6 Å². The summed E-state index contributed by atoms with van der Waals surface area (Å²) in [5.74, 6) is 2.49. The van der Waals surface area contributed by atoms with Crippen LogP contribution in [0.4, 0.5) is 0 Å². The lowest BCUT2D eigenvalue weighted by atomic mass is 9.57. The van der Waals surface area contributed by atoms with Crippen LogP contribution in [0, 0.1) is 29.6 Å². The fourth-order valence-corrected chi connectivity index (χ4v) is 9.25. The molecule has 2 aromatic carbocycles. The zero-order chi connectivity index (χ0) is 28.7. The SMILES string of the molecule is CC(C)C1=CC2C=CC3=CC=C(c4c5c(c(C6=CC7=C(C=CCC7)CC6)c6ccccc46)=CCCC=5)C4C=CC(=C1)C2C34. The maximum absolute atomic E-state index is 2.57. The van der Waals surface area contributed by atoms with Crippen molar-refractivity contribution < 1.29 is 0 Å². The second kappa shape index (κ2) is 9.81. The highest BCUT2D eigenvalue weighted by Gasteiger charge is 2.44. The summed E-state index contributed by atoms with van der Waals surface area (Å²) in [7, 11) is 0. The monoisotopic (exact) mass is 556 g/mol. The molecule has 0 radical (unpaired) electrons. The van der Waals surface area contributed by atoms with E-state index in [1.165, 1.54) is 73.9 Å². The highest BCUT2D eigenvalue weighted by atomic mass is 14.5. The van der Waals surface area contributed by atoms with Gasteiger partial charge in [0, 0.05) is 23.7 Å². The van der Waals surface area contributed by atoms with E-state index in [-0.39, 0.29) is 0 Å². The number of hydrogen-bond acceptors (Lipinski definition) is 0. The van der Waals surface area contributed by atoms with Crippen molar-refractivity contribution in [3.8, 4) is 0 Å². The molecule has 0 nitrogen and oxygen atoms in total. The standard InChI is InChI=1S/C43H40/c1-26(2)33-24-30-18-16-28-19-21-39(38-22-20-31(25-33)40(30)42(28)38)43-36-13-7-5-11-34(36)41(35-12-6-8-14-37(35)43)32-17-15-27-9-3-4-10-29(27)23-32/h3,5,7,9,11-14,16,18-26,30,38,40,42H,4,6,8,10,15,17H2,1-2H3. The van der Waals surface area contributed by atoms with E-state index in [1.54, 1.807) is 16.7 Å². The second-order valence-corrected chi connectivity index (χ2v) is 13.9. The van der Waals surface area contributed by atoms with Crippen LogP contribution in [0.1, 0.15) is 63.5 Å². The van der Waals surface area contributed by atoms with Crippen molar-refractivity contribution in [3.63, 3.8) is 0 Å². The van der Waals surface area contributed by atoms with E-state index in [1.807, 2.05) is 0 Å². The number of allylic oxidation sites excluding steroid dienone is 18. The Hall–Kier alpha value is -3.90. The van der Waals surface area contributed by atoms with E-state index in [4.69, 9.17) is 0 Å². The van der Waals surface area contributed by atoms with Crippen LogP contribution in [0.2, 0.25) is 0 Å². The lowest BCUT2D eigenvalue weighted by Gasteiger charge is -2.47. The van der Waals surface area contributed by atoms with E-state index >= 15 is 0 Å². The van der Waals surface area contributed by atoms with Crippen LogP contribution in [0.15, 0.2) is 119 Å². The molecule has 0 saturated carbocycles. The average molecular weight is 557 g/mol. The molecule has 2 aromatic rings. The Morgan fingerprint density at radius 1 is 0.698 bits per heavy atom. The zero-order valence-electron chi connectivity index (χ0n) is 25.4. The molecule has 0 heterocycles. The molecule has 0 aliphatic heterocycles. The highest BCUT2D eigenvalue weighted by molar-refractivity contribution is 6.02. The Balaban J connectivity index is 1.26. The zero-order valence-corrected chi connectivity index (χ0v) is 25.4. The van der Waals surface area contributed by atoms with Crippen LogP contribution in [-0.4, -0.2) is 0 Å². The predicted molar refractivity (Wildman–Crippen MR) is 183 cm³/mol. The van der Waals surface area contributed by atoms with Gasteiger partial charge in [-0.05, 0) is 116 Å². The third-order valence-electron chi connectivity index (χ3n) is 11.3. The molecule has 4 atom stereocenters. The summed E-state index contributed by atoms with van der Waals surface area (Å²) in [5, 5.41) is 5.83. The number of fused-ring (bicyclic) bond motifs is 2. The van der Waals surface area contributed by atoms with Gasteiger partial charge in [-0.15, -0.1) is 0 Å². The fourth-order valence-electron chi connectivity index (χ4n) is 9.25. The first kappa shape index (κ1) is 25.6. The average Bonchev–Trinajstić information content (AvgIpc) is 3.05. The molecule has 0 amide bonds. The van der Waals surface area contributed by atoms with Gasteiger partial charge in [0.2, 0.25) is 0 Å². The first-order valence-electron chi connectivity index (χ1n) is 16.7. The van der Waals surface area contributed by atoms with Crippen molar-refractivity contribution in [1.82, 2.24) is 0 Å². The molecule has 43 heavy (non-hydrogen) atoms. The third kappa shape index (κ3) is 3.88. The Kier molecular flexibility index (Phi) is 5.84. The first-order chi connectivity index (χ1) is 21.2. The van der Waals surface area contributed by atoms with Crippen LogP contribution in [-0.2, 0) is 0 Å². The topological polar surface area (TPSA) is 0 Å². The summed E-state index contributed by atoms with van der Waals surface area (Å²) in [4.78, 5) is 0. The quantitative estimate of drug-likeness (QED) is 0.353. The molecule has 0 fully saturated rings. The predicted octanol–water partition coefficient (Wildman–Crippen LogP) is 9.47. The van der Waals surface area contributed by atoms with Gasteiger partial charge in [0.1, 0.15) is 0 Å². The summed E-state index contributed by atoms with van der Waals surface area (Å²) in [5.41, 5.74) is 13.7. The van der Waals surface area contributed by atoms with Gasteiger partial charge in [0.05, 0.1) is 0 Å². The molecule has 212 valence electrons. The Bertz CT molecular complexity index is 2000. The van der Waals surface area contributed by atoms with Crippen molar-refractivity contribution >= 4 is 34.1 Å².